The molecule has 0 aliphatic carbocycles. The zero-order valence-corrected chi connectivity index (χ0v) is 24.1. The maximum absolute atomic E-state index is 13.0. The number of esters is 1. The number of aryl methyl sites for hydroxylation is 1. The van der Waals surface area contributed by atoms with Crippen molar-refractivity contribution in [3.05, 3.63) is 94.5 Å². The molecule has 42 heavy (non-hydrogen) atoms. The molecule has 3 N–H and O–H groups in total. The minimum absolute atomic E-state index is 0.0571. The zero-order valence-electron chi connectivity index (χ0n) is 24.1. The summed E-state index contributed by atoms with van der Waals surface area (Å²) in [5, 5.41) is 14.9. The number of nitrogens with one attached hydrogen (secondary N) is 2. The number of piperidine rings is 1. The summed E-state index contributed by atoms with van der Waals surface area (Å²) in [5.41, 5.74) is 4.82. The summed E-state index contributed by atoms with van der Waals surface area (Å²) >= 11 is 0. The van der Waals surface area contributed by atoms with Crippen molar-refractivity contribution in [1.82, 2.24) is 15.2 Å². The summed E-state index contributed by atoms with van der Waals surface area (Å²) < 4.78 is 10.1. The first-order chi connectivity index (χ1) is 20.4. The van der Waals surface area contributed by atoms with Crippen LogP contribution in [-0.2, 0) is 9.47 Å². The molecule has 0 unspecified atom stereocenters. The SMILES string of the molecule is COCCN1CCC(NC(=O)c2ccc(N=C(c3ccccc3)c3c(O)[nH]c4cc(C(=O)OC)c(C)cc34)cc2)CC1. The van der Waals surface area contributed by atoms with Gasteiger partial charge in [0, 0.05) is 54.8 Å². The monoisotopic (exact) mass is 568 g/mol. The Hall–Kier alpha value is -4.47. The lowest BCUT2D eigenvalue weighted by Crippen LogP contribution is -2.45. The lowest BCUT2D eigenvalue weighted by atomic mass is 9.98. The molecule has 9 heteroatoms. The maximum Gasteiger partial charge on any atom is 0.338 e. The molecule has 4 aromatic rings. The molecule has 1 fully saturated rings. The number of aromatic amines is 1. The first-order valence-electron chi connectivity index (χ1n) is 14.1. The van der Waals surface area contributed by atoms with Crippen molar-refractivity contribution in [3.8, 4) is 5.88 Å². The molecule has 0 radical (unpaired) electrons. The molecule has 1 aliphatic heterocycles. The summed E-state index contributed by atoms with van der Waals surface area (Å²) in [6.07, 6.45) is 1.82. The highest BCUT2D eigenvalue weighted by Gasteiger charge is 2.23. The van der Waals surface area contributed by atoms with Crippen LogP contribution in [0, 0.1) is 6.92 Å². The zero-order chi connectivity index (χ0) is 29.6. The van der Waals surface area contributed by atoms with Gasteiger partial charge in [-0.1, -0.05) is 30.3 Å². The highest BCUT2D eigenvalue weighted by molar-refractivity contribution is 6.22. The topological polar surface area (TPSA) is 116 Å². The predicted molar refractivity (Wildman–Crippen MR) is 163 cm³/mol. The van der Waals surface area contributed by atoms with Crippen LogP contribution in [0.1, 0.15) is 50.2 Å². The van der Waals surface area contributed by atoms with Gasteiger partial charge in [-0.2, -0.15) is 0 Å². The van der Waals surface area contributed by atoms with Crippen LogP contribution in [0.25, 0.3) is 10.9 Å². The Balaban J connectivity index is 1.41. The van der Waals surface area contributed by atoms with E-state index in [0.29, 0.717) is 40.2 Å². The van der Waals surface area contributed by atoms with E-state index < -0.39 is 5.97 Å². The minimum atomic E-state index is -0.446. The van der Waals surface area contributed by atoms with Crippen molar-refractivity contribution >= 4 is 34.2 Å². The Labute approximate surface area is 245 Å². The van der Waals surface area contributed by atoms with Gasteiger partial charge in [-0.15, -0.1) is 0 Å². The second-order valence-corrected chi connectivity index (χ2v) is 10.5. The molecule has 0 saturated carbocycles. The van der Waals surface area contributed by atoms with E-state index in [4.69, 9.17) is 14.5 Å². The summed E-state index contributed by atoms with van der Waals surface area (Å²) in [7, 11) is 3.05. The number of rotatable bonds is 9. The van der Waals surface area contributed by atoms with Crippen LogP contribution in [0.5, 0.6) is 5.88 Å². The first kappa shape index (κ1) is 29.0. The van der Waals surface area contributed by atoms with Crippen LogP contribution in [0.4, 0.5) is 5.69 Å². The number of aliphatic imine (C=N–C) groups is 1. The average molecular weight is 569 g/mol. The number of likely N-dealkylation sites (tertiary alicyclic amines) is 1. The van der Waals surface area contributed by atoms with Gasteiger partial charge in [0.05, 0.1) is 36.2 Å². The number of hydrogen-bond donors (Lipinski definition) is 3. The van der Waals surface area contributed by atoms with E-state index in [0.717, 1.165) is 49.0 Å². The van der Waals surface area contributed by atoms with Gasteiger partial charge >= 0.3 is 5.97 Å². The number of nitrogens with zero attached hydrogens (tertiary/aromatic N) is 2. The third-order valence-electron chi connectivity index (χ3n) is 7.72. The molecule has 1 amide bonds. The van der Waals surface area contributed by atoms with E-state index in [1.54, 1.807) is 37.4 Å². The van der Waals surface area contributed by atoms with E-state index in [1.807, 2.05) is 43.3 Å². The number of carbonyl (C=O) groups excluding carboxylic acids is 2. The number of ether oxygens (including phenoxy) is 2. The number of methoxy groups -OCH3 is 2. The maximum atomic E-state index is 13.0. The number of benzene rings is 3. The molecule has 0 atom stereocenters. The number of aromatic nitrogens is 1. The fourth-order valence-electron chi connectivity index (χ4n) is 5.37. The van der Waals surface area contributed by atoms with E-state index in [-0.39, 0.29) is 17.8 Å². The number of hydrogen-bond acceptors (Lipinski definition) is 7. The summed E-state index contributed by atoms with van der Waals surface area (Å²) in [4.78, 5) is 35.5. The van der Waals surface area contributed by atoms with Gasteiger partial charge in [0.1, 0.15) is 0 Å². The summed E-state index contributed by atoms with van der Waals surface area (Å²) in [5.74, 6) is -0.604. The Bertz CT molecular complexity index is 1590. The van der Waals surface area contributed by atoms with Gasteiger partial charge in [0.2, 0.25) is 0 Å². The number of fused-ring (bicyclic) bond motifs is 1. The second-order valence-electron chi connectivity index (χ2n) is 10.5. The normalized spacial score (nSPS) is 14.7. The van der Waals surface area contributed by atoms with E-state index >= 15 is 0 Å². The quantitative estimate of drug-likeness (QED) is 0.194. The molecule has 5 rings (SSSR count). The van der Waals surface area contributed by atoms with Crippen LogP contribution in [0.3, 0.4) is 0 Å². The molecular formula is C33H36N4O5. The first-order valence-corrected chi connectivity index (χ1v) is 14.1. The molecule has 218 valence electrons. The summed E-state index contributed by atoms with van der Waals surface area (Å²) in [6, 6.07) is 20.4. The highest BCUT2D eigenvalue weighted by atomic mass is 16.5. The second kappa shape index (κ2) is 13.0. The Morgan fingerprint density at radius 3 is 2.40 bits per heavy atom. The van der Waals surface area contributed by atoms with Crippen LogP contribution in [-0.4, -0.2) is 79.1 Å². The Morgan fingerprint density at radius 1 is 1.02 bits per heavy atom. The highest BCUT2D eigenvalue weighted by Crippen LogP contribution is 2.33. The van der Waals surface area contributed by atoms with Gasteiger partial charge in [0.25, 0.3) is 5.91 Å². The molecule has 1 aromatic heterocycles. The number of carbonyl (C=O) groups is 2. The van der Waals surface area contributed by atoms with Crippen LogP contribution >= 0.6 is 0 Å². The number of H-pyrrole nitrogens is 1. The fraction of sp³-hybridized carbons (Fsp3) is 0.303. The smallest absolute Gasteiger partial charge is 0.338 e. The largest absolute Gasteiger partial charge is 0.494 e. The molecule has 1 aliphatic rings. The molecule has 9 nitrogen and oxygen atoms in total. The summed E-state index contributed by atoms with van der Waals surface area (Å²) in [6.45, 7) is 5.33. The number of aromatic hydroxyl groups is 1. The van der Waals surface area contributed by atoms with E-state index in [1.165, 1.54) is 7.11 Å². The average Bonchev–Trinajstić information content (AvgIpc) is 3.33. The van der Waals surface area contributed by atoms with Crippen molar-refractivity contribution in [2.45, 2.75) is 25.8 Å². The van der Waals surface area contributed by atoms with Crippen molar-refractivity contribution in [2.24, 2.45) is 4.99 Å². The van der Waals surface area contributed by atoms with Crippen molar-refractivity contribution in [3.63, 3.8) is 0 Å². The van der Waals surface area contributed by atoms with Gasteiger partial charge < -0.3 is 29.8 Å². The van der Waals surface area contributed by atoms with Crippen molar-refractivity contribution < 1.29 is 24.2 Å². The van der Waals surface area contributed by atoms with Crippen LogP contribution in [0.15, 0.2) is 71.7 Å². The predicted octanol–water partition coefficient (Wildman–Crippen LogP) is 4.98. The van der Waals surface area contributed by atoms with E-state index in [9.17, 15) is 14.7 Å². The standard InChI is InChI=1S/C33H36N4O5/c1-21-19-27-28(20-26(21)33(40)42-3)36-32(39)29(27)30(22-7-5-4-6-8-22)34-24-11-9-23(10-12-24)31(38)35-25-13-15-37(16-14-25)17-18-41-2/h4-12,19-20,25,36,39H,13-18H2,1-3H3,(H,35,38). The van der Waals surface area contributed by atoms with Crippen molar-refractivity contribution in [2.75, 3.05) is 40.5 Å². The fourth-order valence-corrected chi connectivity index (χ4v) is 5.37. The van der Waals surface area contributed by atoms with Gasteiger partial charge in [-0.05, 0) is 61.7 Å². The lowest BCUT2D eigenvalue weighted by molar-refractivity contribution is 0.0600. The third kappa shape index (κ3) is 6.37. The molecule has 2 heterocycles. The van der Waals surface area contributed by atoms with E-state index in [2.05, 4.69) is 15.2 Å². The Kier molecular flexibility index (Phi) is 9.00. The molecule has 0 bridgehead atoms. The Morgan fingerprint density at radius 2 is 1.74 bits per heavy atom. The van der Waals surface area contributed by atoms with Gasteiger partial charge in [-0.3, -0.25) is 4.79 Å². The molecular weight excluding hydrogens is 532 g/mol. The molecule has 0 spiro atoms. The van der Waals surface area contributed by atoms with Crippen molar-refractivity contribution in [1.29, 1.82) is 0 Å². The number of amides is 1. The van der Waals surface area contributed by atoms with Gasteiger partial charge in [-0.25, -0.2) is 9.79 Å². The van der Waals surface area contributed by atoms with Crippen LogP contribution in [0.2, 0.25) is 0 Å². The van der Waals surface area contributed by atoms with Crippen LogP contribution < -0.4 is 5.32 Å². The van der Waals surface area contributed by atoms with Gasteiger partial charge in [0.15, 0.2) is 5.88 Å². The third-order valence-corrected chi connectivity index (χ3v) is 7.72. The molecule has 1 saturated heterocycles. The molecule has 3 aromatic carbocycles. The minimum Gasteiger partial charge on any atom is -0.494 e. The lowest BCUT2D eigenvalue weighted by Gasteiger charge is -2.32.